The number of fused-ring (bicyclic) bond motifs is 1. The predicted molar refractivity (Wildman–Crippen MR) is 89.0 cm³/mol. The molecular formula is C19H20N4O. The van der Waals surface area contributed by atoms with E-state index in [1.165, 1.54) is 11.3 Å². The molecule has 1 aromatic carbocycles. The zero-order valence-corrected chi connectivity index (χ0v) is 13.8. The summed E-state index contributed by atoms with van der Waals surface area (Å²) in [5.74, 6) is 0.582. The van der Waals surface area contributed by atoms with E-state index in [0.29, 0.717) is 12.1 Å². The van der Waals surface area contributed by atoms with E-state index in [2.05, 4.69) is 11.2 Å². The van der Waals surface area contributed by atoms with Gasteiger partial charge in [0.05, 0.1) is 17.8 Å². The van der Waals surface area contributed by atoms with Crippen LogP contribution in [0.2, 0.25) is 0 Å². The van der Waals surface area contributed by atoms with Crippen molar-refractivity contribution in [3.05, 3.63) is 52.8 Å². The quantitative estimate of drug-likeness (QED) is 0.853. The van der Waals surface area contributed by atoms with Crippen LogP contribution in [0.3, 0.4) is 0 Å². The van der Waals surface area contributed by atoms with Crippen LogP contribution in [-0.4, -0.2) is 27.1 Å². The van der Waals surface area contributed by atoms with Gasteiger partial charge in [0.1, 0.15) is 0 Å². The van der Waals surface area contributed by atoms with Crippen molar-refractivity contribution < 1.29 is 4.79 Å². The molecule has 0 N–H and O–H groups in total. The number of nitrogens with zero attached hydrogens (tertiary/aromatic N) is 4. The Balaban J connectivity index is 1.48. The lowest BCUT2D eigenvalue weighted by atomic mass is 10.1. The first kappa shape index (κ1) is 14.9. The molecule has 5 nitrogen and oxygen atoms in total. The van der Waals surface area contributed by atoms with E-state index in [4.69, 9.17) is 5.26 Å². The number of carbonyl (C=O) groups is 1. The van der Waals surface area contributed by atoms with Crippen molar-refractivity contribution in [3.63, 3.8) is 0 Å². The highest BCUT2D eigenvalue weighted by Gasteiger charge is 2.46. The number of hydrogen-bond donors (Lipinski definition) is 0. The minimum atomic E-state index is 0.0668. The predicted octanol–water partition coefficient (Wildman–Crippen LogP) is 2.37. The van der Waals surface area contributed by atoms with Gasteiger partial charge in [-0.1, -0.05) is 12.1 Å². The molecule has 1 saturated carbocycles. The van der Waals surface area contributed by atoms with Gasteiger partial charge < -0.3 is 4.90 Å². The molecule has 1 aliphatic heterocycles. The Hall–Kier alpha value is -2.61. The topological polar surface area (TPSA) is 61.9 Å². The highest BCUT2D eigenvalue weighted by Crippen LogP contribution is 2.48. The summed E-state index contributed by atoms with van der Waals surface area (Å²) in [7, 11) is 1.97. The summed E-state index contributed by atoms with van der Waals surface area (Å²) in [5, 5.41) is 13.4. The first-order valence-corrected chi connectivity index (χ1v) is 8.46. The molecule has 0 bridgehead atoms. The lowest BCUT2D eigenvalue weighted by molar-refractivity contribution is -0.133. The Bertz CT molecular complexity index is 832. The number of nitriles is 1. The number of aromatic nitrogens is 2. The molecule has 0 radical (unpaired) electrons. The van der Waals surface area contributed by atoms with Crippen LogP contribution in [0, 0.1) is 17.2 Å². The first-order chi connectivity index (χ1) is 11.7. The number of aryl methyl sites for hydroxylation is 1. The zero-order valence-electron chi connectivity index (χ0n) is 13.8. The molecule has 5 heteroatoms. The third-order valence-corrected chi connectivity index (χ3v) is 5.21. The molecule has 1 aromatic heterocycles. The standard InChI is InChI=1S/C19H20N4O/c1-22-18-6-3-7-23(12-15(18)11-21-22)19(24)17-9-16(17)14-5-2-4-13(8-14)10-20/h2,4-5,8,11,16-17H,3,6-7,9,12H2,1H3/t16-,17+/m0/s1. The summed E-state index contributed by atoms with van der Waals surface area (Å²) in [5.41, 5.74) is 4.20. The summed E-state index contributed by atoms with van der Waals surface area (Å²) < 4.78 is 1.93. The van der Waals surface area contributed by atoms with Gasteiger partial charge >= 0.3 is 0 Å². The molecule has 1 amide bonds. The number of hydrogen-bond acceptors (Lipinski definition) is 3. The summed E-state index contributed by atoms with van der Waals surface area (Å²) in [6, 6.07) is 9.83. The molecule has 2 aliphatic rings. The van der Waals surface area contributed by atoms with Crippen molar-refractivity contribution in [2.75, 3.05) is 6.54 Å². The fraction of sp³-hybridized carbons (Fsp3) is 0.421. The van der Waals surface area contributed by atoms with Crippen molar-refractivity contribution in [2.45, 2.75) is 31.7 Å². The Morgan fingerprint density at radius 3 is 3.12 bits per heavy atom. The summed E-state index contributed by atoms with van der Waals surface area (Å²) >= 11 is 0. The monoisotopic (exact) mass is 320 g/mol. The molecule has 122 valence electrons. The van der Waals surface area contributed by atoms with Gasteiger partial charge in [0.15, 0.2) is 0 Å². The van der Waals surface area contributed by atoms with Crippen LogP contribution < -0.4 is 0 Å². The van der Waals surface area contributed by atoms with Crippen LogP contribution >= 0.6 is 0 Å². The lowest BCUT2D eigenvalue weighted by Crippen LogP contribution is -2.32. The van der Waals surface area contributed by atoms with E-state index >= 15 is 0 Å². The van der Waals surface area contributed by atoms with Gasteiger partial charge in [0.25, 0.3) is 0 Å². The number of amides is 1. The fourth-order valence-electron chi connectivity index (χ4n) is 3.78. The maximum Gasteiger partial charge on any atom is 0.226 e. The van der Waals surface area contributed by atoms with E-state index in [1.54, 1.807) is 6.07 Å². The lowest BCUT2D eigenvalue weighted by Gasteiger charge is -2.20. The maximum absolute atomic E-state index is 12.9. The second kappa shape index (κ2) is 5.79. The van der Waals surface area contributed by atoms with Crippen LogP contribution in [0.25, 0.3) is 0 Å². The fourth-order valence-corrected chi connectivity index (χ4v) is 3.78. The van der Waals surface area contributed by atoms with E-state index in [-0.39, 0.29) is 17.7 Å². The third-order valence-electron chi connectivity index (χ3n) is 5.21. The van der Waals surface area contributed by atoms with Gasteiger partial charge in [-0.05, 0) is 42.9 Å². The third kappa shape index (κ3) is 2.58. The normalized spacial score (nSPS) is 22.4. The van der Waals surface area contributed by atoms with E-state index in [0.717, 1.165) is 31.4 Å². The van der Waals surface area contributed by atoms with Crippen molar-refractivity contribution in [1.29, 1.82) is 5.26 Å². The SMILES string of the molecule is Cn1ncc2c1CCCN(C(=O)[C@@H]1C[C@H]1c1cccc(C#N)c1)C2. The van der Waals surface area contributed by atoms with Crippen molar-refractivity contribution in [3.8, 4) is 6.07 Å². The van der Waals surface area contributed by atoms with Gasteiger partial charge in [-0.15, -0.1) is 0 Å². The Kier molecular flexibility index (Phi) is 3.61. The molecular weight excluding hydrogens is 300 g/mol. The number of carbonyl (C=O) groups excluding carboxylic acids is 1. The second-order valence-electron chi connectivity index (χ2n) is 6.79. The molecule has 1 fully saturated rings. The number of rotatable bonds is 2. The van der Waals surface area contributed by atoms with E-state index in [9.17, 15) is 4.79 Å². The number of benzene rings is 1. The van der Waals surface area contributed by atoms with Crippen molar-refractivity contribution in [1.82, 2.24) is 14.7 Å². The molecule has 0 spiro atoms. The van der Waals surface area contributed by atoms with Crippen LogP contribution in [0.1, 0.15) is 41.1 Å². The Morgan fingerprint density at radius 1 is 1.42 bits per heavy atom. The van der Waals surface area contributed by atoms with Crippen LogP contribution in [0.4, 0.5) is 0 Å². The Labute approximate surface area is 141 Å². The second-order valence-corrected chi connectivity index (χ2v) is 6.79. The molecule has 2 atom stereocenters. The van der Waals surface area contributed by atoms with E-state index < -0.39 is 0 Å². The highest BCUT2D eigenvalue weighted by molar-refractivity contribution is 5.83. The van der Waals surface area contributed by atoms with Crippen LogP contribution in [-0.2, 0) is 24.8 Å². The van der Waals surface area contributed by atoms with Crippen molar-refractivity contribution in [2.24, 2.45) is 13.0 Å². The van der Waals surface area contributed by atoms with Gasteiger partial charge in [-0.2, -0.15) is 10.4 Å². The molecule has 2 heterocycles. The minimum Gasteiger partial charge on any atom is -0.338 e. The summed E-state index contributed by atoms with van der Waals surface area (Å²) in [4.78, 5) is 14.9. The first-order valence-electron chi connectivity index (χ1n) is 8.46. The minimum absolute atomic E-state index is 0.0668. The van der Waals surface area contributed by atoms with Gasteiger partial charge in [0, 0.05) is 37.3 Å². The zero-order chi connectivity index (χ0) is 16.7. The smallest absolute Gasteiger partial charge is 0.226 e. The molecule has 24 heavy (non-hydrogen) atoms. The van der Waals surface area contributed by atoms with Gasteiger partial charge in [-0.3, -0.25) is 9.48 Å². The van der Waals surface area contributed by atoms with Crippen LogP contribution in [0.5, 0.6) is 0 Å². The van der Waals surface area contributed by atoms with Gasteiger partial charge in [0.2, 0.25) is 5.91 Å². The Morgan fingerprint density at radius 2 is 2.29 bits per heavy atom. The molecule has 2 aromatic rings. The highest BCUT2D eigenvalue weighted by atomic mass is 16.2. The average Bonchev–Trinajstić information content (AvgIpc) is 3.37. The summed E-state index contributed by atoms with van der Waals surface area (Å²) in [6.07, 6.45) is 4.75. The summed E-state index contributed by atoms with van der Waals surface area (Å²) in [6.45, 7) is 1.48. The van der Waals surface area contributed by atoms with Gasteiger partial charge in [-0.25, -0.2) is 0 Å². The molecule has 0 saturated heterocycles. The largest absolute Gasteiger partial charge is 0.338 e. The van der Waals surface area contributed by atoms with Crippen molar-refractivity contribution >= 4 is 5.91 Å². The molecule has 4 rings (SSSR count). The molecule has 1 aliphatic carbocycles. The average molecular weight is 320 g/mol. The van der Waals surface area contributed by atoms with E-state index in [1.807, 2.05) is 41.0 Å². The maximum atomic E-state index is 12.9. The molecule has 0 unspecified atom stereocenters. The van der Waals surface area contributed by atoms with Crippen LogP contribution in [0.15, 0.2) is 30.5 Å².